The zero-order valence-electron chi connectivity index (χ0n) is 18.8. The van der Waals surface area contributed by atoms with Crippen LogP contribution in [-0.2, 0) is 10.0 Å². The molecule has 1 N–H and O–H groups in total. The molecule has 0 bridgehead atoms. The second kappa shape index (κ2) is 8.68. The molecule has 0 aromatic heterocycles. The highest BCUT2D eigenvalue weighted by Gasteiger charge is 2.27. The lowest BCUT2D eigenvalue weighted by Crippen LogP contribution is -2.45. The van der Waals surface area contributed by atoms with Gasteiger partial charge in [0.15, 0.2) is 0 Å². The SMILES string of the molecule is COc1ccc(S(=O)(=O)N(C)c2ccc(C(=O)NC(C)(C)CC(C)(C)C)cc2)cc1. The Kier molecular flexibility index (Phi) is 6.87. The zero-order chi connectivity index (χ0) is 22.7. The van der Waals surface area contributed by atoms with Crippen molar-refractivity contribution in [2.24, 2.45) is 5.41 Å². The number of carbonyl (C=O) groups is 1. The molecule has 0 saturated carbocycles. The molecule has 1 amide bonds. The van der Waals surface area contributed by atoms with Crippen molar-refractivity contribution in [3.63, 3.8) is 0 Å². The van der Waals surface area contributed by atoms with E-state index in [1.54, 1.807) is 36.4 Å². The molecule has 0 radical (unpaired) electrons. The van der Waals surface area contributed by atoms with E-state index >= 15 is 0 Å². The third-order valence-corrected chi connectivity index (χ3v) is 6.43. The van der Waals surface area contributed by atoms with E-state index in [0.717, 1.165) is 6.42 Å². The summed E-state index contributed by atoms with van der Waals surface area (Å²) >= 11 is 0. The summed E-state index contributed by atoms with van der Waals surface area (Å²) in [6.07, 6.45) is 0.826. The summed E-state index contributed by atoms with van der Waals surface area (Å²) < 4.78 is 32.0. The molecule has 0 aliphatic heterocycles. The summed E-state index contributed by atoms with van der Waals surface area (Å²) in [5.74, 6) is 0.401. The van der Waals surface area contributed by atoms with Crippen LogP contribution in [0.15, 0.2) is 53.4 Å². The summed E-state index contributed by atoms with van der Waals surface area (Å²) in [5, 5.41) is 3.06. The Morgan fingerprint density at radius 2 is 1.50 bits per heavy atom. The Labute approximate surface area is 180 Å². The second-order valence-corrected chi connectivity index (χ2v) is 11.2. The standard InChI is InChI=1S/C23H32N2O4S/c1-22(2,3)16-23(4,5)24-21(26)17-8-10-18(11-9-17)25(6)30(27,28)20-14-12-19(29-7)13-15-20/h8-15H,16H2,1-7H3,(H,24,26). The van der Waals surface area contributed by atoms with Gasteiger partial charge in [0, 0.05) is 18.2 Å². The quantitative estimate of drug-likeness (QED) is 0.701. The van der Waals surface area contributed by atoms with Crippen molar-refractivity contribution in [1.29, 1.82) is 0 Å². The molecule has 30 heavy (non-hydrogen) atoms. The van der Waals surface area contributed by atoms with Crippen LogP contribution in [0.25, 0.3) is 0 Å². The predicted octanol–water partition coefficient (Wildman–Crippen LogP) is 4.46. The van der Waals surface area contributed by atoms with E-state index in [9.17, 15) is 13.2 Å². The van der Waals surface area contributed by atoms with Crippen LogP contribution >= 0.6 is 0 Å². The smallest absolute Gasteiger partial charge is 0.264 e. The van der Waals surface area contributed by atoms with Gasteiger partial charge in [0.05, 0.1) is 17.7 Å². The van der Waals surface area contributed by atoms with E-state index in [-0.39, 0.29) is 21.8 Å². The summed E-state index contributed by atoms with van der Waals surface area (Å²) in [4.78, 5) is 12.8. The van der Waals surface area contributed by atoms with Gasteiger partial charge in [0.2, 0.25) is 0 Å². The van der Waals surface area contributed by atoms with Crippen molar-refractivity contribution in [3.05, 3.63) is 54.1 Å². The van der Waals surface area contributed by atoms with Gasteiger partial charge in [0.1, 0.15) is 5.75 Å². The predicted molar refractivity (Wildman–Crippen MR) is 121 cm³/mol. The molecule has 0 heterocycles. The number of methoxy groups -OCH3 is 1. The molecule has 2 aromatic carbocycles. The number of carbonyl (C=O) groups excluding carboxylic acids is 1. The minimum atomic E-state index is -3.72. The lowest BCUT2D eigenvalue weighted by Gasteiger charge is -2.33. The van der Waals surface area contributed by atoms with Crippen LogP contribution in [0.2, 0.25) is 0 Å². The minimum Gasteiger partial charge on any atom is -0.497 e. The second-order valence-electron chi connectivity index (χ2n) is 9.27. The Balaban J connectivity index is 2.16. The summed E-state index contributed by atoms with van der Waals surface area (Å²) in [6.45, 7) is 10.4. The van der Waals surface area contributed by atoms with Crippen molar-refractivity contribution in [2.75, 3.05) is 18.5 Å². The number of amides is 1. The average molecular weight is 433 g/mol. The Morgan fingerprint density at radius 1 is 0.967 bits per heavy atom. The number of anilines is 1. The number of nitrogens with one attached hydrogen (secondary N) is 1. The highest BCUT2D eigenvalue weighted by molar-refractivity contribution is 7.92. The highest BCUT2D eigenvalue weighted by atomic mass is 32.2. The molecule has 2 rings (SSSR count). The third kappa shape index (κ3) is 5.98. The first-order chi connectivity index (χ1) is 13.7. The maximum Gasteiger partial charge on any atom is 0.264 e. The lowest BCUT2D eigenvalue weighted by molar-refractivity contribution is 0.0891. The van der Waals surface area contributed by atoms with E-state index in [1.165, 1.54) is 30.6 Å². The van der Waals surface area contributed by atoms with E-state index in [1.807, 2.05) is 13.8 Å². The first-order valence-electron chi connectivity index (χ1n) is 9.81. The maximum atomic E-state index is 12.9. The normalized spacial score (nSPS) is 12.4. The average Bonchev–Trinajstić information content (AvgIpc) is 2.65. The molecule has 0 saturated heterocycles. The number of ether oxygens (including phenoxy) is 1. The molecule has 0 aliphatic rings. The van der Waals surface area contributed by atoms with Crippen LogP contribution in [0.3, 0.4) is 0 Å². The Hall–Kier alpha value is -2.54. The van der Waals surface area contributed by atoms with Gasteiger partial charge in [-0.3, -0.25) is 9.10 Å². The molecule has 0 fully saturated rings. The van der Waals surface area contributed by atoms with Crippen molar-refractivity contribution >= 4 is 21.6 Å². The number of sulfonamides is 1. The molecule has 2 aromatic rings. The van der Waals surface area contributed by atoms with Gasteiger partial charge in [-0.25, -0.2) is 8.42 Å². The molecule has 0 spiro atoms. The van der Waals surface area contributed by atoms with Gasteiger partial charge in [0.25, 0.3) is 15.9 Å². The van der Waals surface area contributed by atoms with Crippen molar-refractivity contribution in [1.82, 2.24) is 5.32 Å². The van der Waals surface area contributed by atoms with Crippen molar-refractivity contribution in [2.45, 2.75) is 51.5 Å². The summed E-state index contributed by atoms with van der Waals surface area (Å²) in [7, 11) is -0.709. The Bertz CT molecular complexity index is 973. The third-order valence-electron chi connectivity index (χ3n) is 4.64. The van der Waals surface area contributed by atoms with Crippen LogP contribution in [0.1, 0.15) is 51.4 Å². The van der Waals surface area contributed by atoms with E-state index < -0.39 is 10.0 Å². The van der Waals surface area contributed by atoms with Crippen molar-refractivity contribution < 1.29 is 17.9 Å². The number of nitrogens with zero attached hydrogens (tertiary/aromatic N) is 1. The topological polar surface area (TPSA) is 75.7 Å². The van der Waals surface area contributed by atoms with Crippen LogP contribution in [-0.4, -0.2) is 34.0 Å². The van der Waals surface area contributed by atoms with Crippen LogP contribution in [0.4, 0.5) is 5.69 Å². The van der Waals surface area contributed by atoms with E-state index in [2.05, 4.69) is 26.1 Å². The number of hydrogen-bond acceptors (Lipinski definition) is 4. The van der Waals surface area contributed by atoms with E-state index in [0.29, 0.717) is 17.0 Å². The highest BCUT2D eigenvalue weighted by Crippen LogP contribution is 2.28. The number of benzene rings is 2. The fraction of sp³-hybridized carbons (Fsp3) is 0.435. The van der Waals surface area contributed by atoms with Crippen LogP contribution in [0.5, 0.6) is 5.75 Å². The first kappa shape index (κ1) is 23.7. The molecule has 0 aliphatic carbocycles. The Morgan fingerprint density at radius 3 is 1.97 bits per heavy atom. The molecule has 0 atom stereocenters. The van der Waals surface area contributed by atoms with Gasteiger partial charge in [-0.05, 0) is 74.2 Å². The fourth-order valence-corrected chi connectivity index (χ4v) is 4.81. The van der Waals surface area contributed by atoms with Gasteiger partial charge in [-0.2, -0.15) is 0 Å². The lowest BCUT2D eigenvalue weighted by atomic mass is 9.81. The van der Waals surface area contributed by atoms with Gasteiger partial charge < -0.3 is 10.1 Å². The molecule has 7 heteroatoms. The summed E-state index contributed by atoms with van der Waals surface area (Å²) in [6, 6.07) is 12.8. The first-order valence-corrected chi connectivity index (χ1v) is 11.2. The van der Waals surface area contributed by atoms with Gasteiger partial charge in [-0.1, -0.05) is 20.8 Å². The number of rotatable bonds is 7. The maximum absolute atomic E-state index is 12.9. The molecule has 164 valence electrons. The van der Waals surface area contributed by atoms with Crippen LogP contribution in [0, 0.1) is 5.41 Å². The largest absolute Gasteiger partial charge is 0.497 e. The monoisotopic (exact) mass is 432 g/mol. The molecular weight excluding hydrogens is 400 g/mol. The molecule has 6 nitrogen and oxygen atoms in total. The number of hydrogen-bond donors (Lipinski definition) is 1. The van der Waals surface area contributed by atoms with E-state index in [4.69, 9.17) is 4.74 Å². The van der Waals surface area contributed by atoms with Gasteiger partial charge >= 0.3 is 0 Å². The molecular formula is C23H32N2O4S. The van der Waals surface area contributed by atoms with Crippen LogP contribution < -0.4 is 14.4 Å². The fourth-order valence-electron chi connectivity index (χ4n) is 3.62. The summed E-state index contributed by atoms with van der Waals surface area (Å²) in [5.41, 5.74) is 0.675. The van der Waals surface area contributed by atoms with Crippen molar-refractivity contribution in [3.8, 4) is 5.75 Å². The minimum absolute atomic E-state index is 0.0825. The zero-order valence-corrected chi connectivity index (χ0v) is 19.6. The van der Waals surface area contributed by atoms with Gasteiger partial charge in [-0.15, -0.1) is 0 Å². The molecule has 0 unspecified atom stereocenters.